The van der Waals surface area contributed by atoms with E-state index in [1.165, 1.54) is 18.2 Å². The Hall–Kier alpha value is -2.47. The van der Waals surface area contributed by atoms with Crippen molar-refractivity contribution in [1.82, 2.24) is 5.32 Å². The Kier molecular flexibility index (Phi) is 6.85. The molecule has 0 spiro atoms. The fourth-order valence-corrected chi connectivity index (χ4v) is 4.03. The lowest BCUT2D eigenvalue weighted by molar-refractivity contribution is -0.132. The number of carbonyl (C=O) groups excluding carboxylic acids is 1. The van der Waals surface area contributed by atoms with E-state index >= 15 is 0 Å². The van der Waals surface area contributed by atoms with Crippen LogP contribution in [0.5, 0.6) is 5.75 Å². The molecule has 0 heterocycles. The number of benzene rings is 2. The van der Waals surface area contributed by atoms with Gasteiger partial charge in [-0.2, -0.15) is 0 Å². The van der Waals surface area contributed by atoms with E-state index in [0.29, 0.717) is 12.8 Å². The Morgan fingerprint density at radius 2 is 1.79 bits per heavy atom. The van der Waals surface area contributed by atoms with Crippen LogP contribution in [0.25, 0.3) is 0 Å². The van der Waals surface area contributed by atoms with Crippen LogP contribution >= 0.6 is 0 Å². The maximum atomic E-state index is 14.4. The van der Waals surface area contributed by atoms with Gasteiger partial charge in [-0.3, -0.25) is 4.79 Å². The van der Waals surface area contributed by atoms with E-state index in [2.05, 4.69) is 5.32 Å². The number of ether oxygens (including phenoxy) is 2. The van der Waals surface area contributed by atoms with Crippen molar-refractivity contribution < 1.29 is 23.0 Å². The summed E-state index contributed by atoms with van der Waals surface area (Å²) in [5.74, 6) is -0.679. The van der Waals surface area contributed by atoms with Crippen LogP contribution in [0.15, 0.2) is 42.5 Å². The van der Waals surface area contributed by atoms with Crippen LogP contribution in [0, 0.1) is 11.6 Å². The highest BCUT2D eigenvalue weighted by Crippen LogP contribution is 2.42. The molecule has 2 aromatic carbocycles. The predicted molar refractivity (Wildman–Crippen MR) is 107 cm³/mol. The normalized spacial score (nSPS) is 16.4. The zero-order valence-corrected chi connectivity index (χ0v) is 16.8. The lowest BCUT2D eigenvalue weighted by atomic mass is 9.78. The third-order valence-corrected chi connectivity index (χ3v) is 5.66. The molecule has 0 radical (unpaired) electrons. The maximum Gasteiger partial charge on any atom is 0.248 e. The Morgan fingerprint density at radius 3 is 2.45 bits per heavy atom. The molecule has 1 atom stereocenters. The van der Waals surface area contributed by atoms with Crippen molar-refractivity contribution >= 4 is 5.91 Å². The van der Waals surface area contributed by atoms with Gasteiger partial charge >= 0.3 is 0 Å². The summed E-state index contributed by atoms with van der Waals surface area (Å²) in [6.45, 7) is 2.12. The first-order valence-electron chi connectivity index (χ1n) is 9.92. The molecule has 156 valence electrons. The van der Waals surface area contributed by atoms with Crippen molar-refractivity contribution in [2.75, 3.05) is 13.7 Å². The van der Waals surface area contributed by atoms with Crippen LogP contribution in [0.1, 0.15) is 43.7 Å². The monoisotopic (exact) mass is 403 g/mol. The average molecular weight is 403 g/mol. The van der Waals surface area contributed by atoms with E-state index in [1.807, 2.05) is 24.3 Å². The number of carbonyl (C=O) groups is 1. The molecule has 1 unspecified atom stereocenters. The van der Waals surface area contributed by atoms with Gasteiger partial charge in [0.2, 0.25) is 5.91 Å². The Labute approximate surface area is 170 Å². The molecule has 3 rings (SSSR count). The number of methoxy groups -OCH3 is 1. The molecule has 1 aliphatic carbocycles. The van der Waals surface area contributed by atoms with Gasteiger partial charge in [0.1, 0.15) is 23.5 Å². The molecule has 1 aliphatic rings. The van der Waals surface area contributed by atoms with Gasteiger partial charge in [0.15, 0.2) is 0 Å². The van der Waals surface area contributed by atoms with E-state index < -0.39 is 23.2 Å². The highest BCUT2D eigenvalue weighted by atomic mass is 19.1. The summed E-state index contributed by atoms with van der Waals surface area (Å²) in [7, 11) is 1.59. The number of nitrogens with one attached hydrogen (secondary N) is 1. The zero-order valence-electron chi connectivity index (χ0n) is 16.8. The molecule has 6 heteroatoms. The van der Waals surface area contributed by atoms with Crippen LogP contribution < -0.4 is 10.1 Å². The molecule has 2 aromatic rings. The van der Waals surface area contributed by atoms with Crippen molar-refractivity contribution in [3.05, 3.63) is 65.2 Å². The van der Waals surface area contributed by atoms with Gasteiger partial charge in [-0.25, -0.2) is 8.78 Å². The molecule has 1 saturated carbocycles. The van der Waals surface area contributed by atoms with E-state index in [0.717, 1.165) is 24.2 Å². The highest BCUT2D eigenvalue weighted by molar-refractivity contribution is 5.80. The maximum absolute atomic E-state index is 14.4. The molecule has 4 nitrogen and oxygen atoms in total. The van der Waals surface area contributed by atoms with Crippen LogP contribution in [-0.2, 0) is 21.6 Å². The molecule has 1 amide bonds. The molecule has 0 bridgehead atoms. The van der Waals surface area contributed by atoms with Crippen molar-refractivity contribution in [2.24, 2.45) is 0 Å². The molecular weight excluding hydrogens is 376 g/mol. The molecule has 0 saturated heterocycles. The minimum absolute atomic E-state index is 0.0859. The van der Waals surface area contributed by atoms with Gasteiger partial charge < -0.3 is 14.8 Å². The molecular formula is C23H27F2NO3. The second kappa shape index (κ2) is 9.35. The predicted octanol–water partition coefficient (Wildman–Crippen LogP) is 4.51. The summed E-state index contributed by atoms with van der Waals surface area (Å²) in [4.78, 5) is 12.5. The van der Waals surface area contributed by atoms with Gasteiger partial charge in [0, 0.05) is 17.5 Å². The Balaban J connectivity index is 1.62. The Bertz CT molecular complexity index is 830. The van der Waals surface area contributed by atoms with Crippen molar-refractivity contribution in [1.29, 1.82) is 0 Å². The van der Waals surface area contributed by atoms with E-state index in [4.69, 9.17) is 9.47 Å². The van der Waals surface area contributed by atoms with E-state index in [-0.39, 0.29) is 24.6 Å². The summed E-state index contributed by atoms with van der Waals surface area (Å²) in [6, 6.07) is 11.3. The van der Waals surface area contributed by atoms with Gasteiger partial charge in [0.05, 0.1) is 13.7 Å². The number of hydrogen-bond donors (Lipinski definition) is 1. The standard InChI is InChI=1S/C23H27F2NO3/c1-16(29-14-17-7-5-8-18(13-17)28-2)22(27)26-15-23(11-3-4-12-23)21-19(24)9-6-10-20(21)25/h5-10,13,16H,3-4,11-12,14-15H2,1-2H3,(H,26,27). The summed E-state index contributed by atoms with van der Waals surface area (Å²) in [5.41, 5.74) is 0.268. The van der Waals surface area contributed by atoms with Gasteiger partial charge in [-0.1, -0.05) is 31.0 Å². The third kappa shape index (κ3) is 4.93. The minimum Gasteiger partial charge on any atom is -0.497 e. The lowest BCUT2D eigenvalue weighted by Crippen LogP contribution is -2.44. The summed E-state index contributed by atoms with van der Waals surface area (Å²) < 4.78 is 39.7. The zero-order chi connectivity index (χ0) is 20.9. The third-order valence-electron chi connectivity index (χ3n) is 5.66. The van der Waals surface area contributed by atoms with Crippen LogP contribution in [0.2, 0.25) is 0 Å². The second-order valence-corrected chi connectivity index (χ2v) is 7.61. The SMILES string of the molecule is COc1cccc(COC(C)C(=O)NCC2(c3c(F)cccc3F)CCCC2)c1. The first kappa shape index (κ1) is 21.2. The van der Waals surface area contributed by atoms with Gasteiger partial charge in [0.25, 0.3) is 0 Å². The fourth-order valence-electron chi connectivity index (χ4n) is 4.03. The van der Waals surface area contributed by atoms with Crippen LogP contribution in [0.4, 0.5) is 8.78 Å². The van der Waals surface area contributed by atoms with Crippen LogP contribution in [0.3, 0.4) is 0 Å². The largest absolute Gasteiger partial charge is 0.497 e. The van der Waals surface area contributed by atoms with Gasteiger partial charge in [-0.15, -0.1) is 0 Å². The summed E-state index contributed by atoms with van der Waals surface area (Å²) >= 11 is 0. The topological polar surface area (TPSA) is 47.6 Å². The van der Waals surface area contributed by atoms with Crippen molar-refractivity contribution in [2.45, 2.75) is 50.7 Å². The molecule has 0 aromatic heterocycles. The van der Waals surface area contributed by atoms with Crippen LogP contribution in [-0.4, -0.2) is 25.7 Å². The smallest absolute Gasteiger partial charge is 0.248 e. The van der Waals surface area contributed by atoms with Gasteiger partial charge in [-0.05, 0) is 49.6 Å². The first-order chi connectivity index (χ1) is 13.9. The quantitative estimate of drug-likeness (QED) is 0.706. The summed E-state index contributed by atoms with van der Waals surface area (Å²) in [5, 5.41) is 2.85. The second-order valence-electron chi connectivity index (χ2n) is 7.61. The average Bonchev–Trinajstić information content (AvgIpc) is 3.20. The number of hydrogen-bond acceptors (Lipinski definition) is 3. The molecule has 0 aliphatic heterocycles. The van der Waals surface area contributed by atoms with Crippen molar-refractivity contribution in [3.8, 4) is 5.75 Å². The number of amides is 1. The minimum atomic E-state index is -0.711. The van der Waals surface area contributed by atoms with E-state index in [9.17, 15) is 13.6 Å². The molecule has 29 heavy (non-hydrogen) atoms. The van der Waals surface area contributed by atoms with E-state index in [1.54, 1.807) is 14.0 Å². The Morgan fingerprint density at radius 1 is 1.14 bits per heavy atom. The summed E-state index contributed by atoms with van der Waals surface area (Å²) in [6.07, 6.45) is 2.36. The number of halogens is 2. The molecule has 1 N–H and O–H groups in total. The van der Waals surface area contributed by atoms with Crippen molar-refractivity contribution in [3.63, 3.8) is 0 Å². The highest BCUT2D eigenvalue weighted by Gasteiger charge is 2.40. The lowest BCUT2D eigenvalue weighted by Gasteiger charge is -2.31. The molecule has 1 fully saturated rings. The first-order valence-corrected chi connectivity index (χ1v) is 9.92. The fraction of sp³-hybridized carbons (Fsp3) is 0.435. The number of rotatable bonds is 8.